The van der Waals surface area contributed by atoms with E-state index in [1.807, 2.05) is 12.1 Å². The van der Waals surface area contributed by atoms with Gasteiger partial charge in [0.1, 0.15) is 5.82 Å². The SMILES string of the molecule is C=CC[C@]1(CO)CCCN(Cc2nc3ccccc3n2CC)C1. The molecule has 0 saturated carbocycles. The zero-order valence-electron chi connectivity index (χ0n) is 14.0. The van der Waals surface area contributed by atoms with Crippen LogP contribution in [0.4, 0.5) is 0 Å². The summed E-state index contributed by atoms with van der Waals surface area (Å²) < 4.78 is 2.30. The Morgan fingerprint density at radius 1 is 1.39 bits per heavy atom. The van der Waals surface area contributed by atoms with Gasteiger partial charge in [0.05, 0.1) is 24.2 Å². The second-order valence-corrected chi connectivity index (χ2v) is 6.73. The standard InChI is InChI=1S/C19H27N3O/c1-3-10-19(15-23)11-7-12-21(14-19)13-18-20-16-8-5-6-9-17(16)22(18)4-2/h3,5-6,8-9,23H,1,4,7,10-15H2,2H3/t19-/m0/s1. The van der Waals surface area contributed by atoms with Gasteiger partial charge in [0.2, 0.25) is 0 Å². The zero-order valence-corrected chi connectivity index (χ0v) is 14.0. The average molecular weight is 313 g/mol. The fourth-order valence-corrected chi connectivity index (χ4v) is 3.91. The van der Waals surface area contributed by atoms with E-state index in [1.54, 1.807) is 0 Å². The van der Waals surface area contributed by atoms with E-state index in [9.17, 15) is 5.11 Å². The van der Waals surface area contributed by atoms with E-state index >= 15 is 0 Å². The molecule has 1 aliphatic heterocycles. The van der Waals surface area contributed by atoms with Gasteiger partial charge in [-0.2, -0.15) is 0 Å². The van der Waals surface area contributed by atoms with E-state index in [1.165, 1.54) is 5.52 Å². The third-order valence-electron chi connectivity index (χ3n) is 5.07. The van der Waals surface area contributed by atoms with Crippen molar-refractivity contribution < 1.29 is 5.11 Å². The second-order valence-electron chi connectivity index (χ2n) is 6.73. The minimum absolute atomic E-state index is 0.0247. The van der Waals surface area contributed by atoms with E-state index in [4.69, 9.17) is 4.98 Å². The molecular weight excluding hydrogens is 286 g/mol. The lowest BCUT2D eigenvalue weighted by Gasteiger charge is -2.41. The van der Waals surface area contributed by atoms with E-state index in [0.29, 0.717) is 0 Å². The lowest BCUT2D eigenvalue weighted by atomic mass is 9.78. The van der Waals surface area contributed by atoms with Gasteiger partial charge >= 0.3 is 0 Å². The van der Waals surface area contributed by atoms with Crippen LogP contribution in [0.2, 0.25) is 0 Å². The minimum Gasteiger partial charge on any atom is -0.396 e. The molecule has 1 aliphatic rings. The molecule has 124 valence electrons. The fourth-order valence-electron chi connectivity index (χ4n) is 3.91. The van der Waals surface area contributed by atoms with Crippen molar-refractivity contribution in [2.75, 3.05) is 19.7 Å². The van der Waals surface area contributed by atoms with Gasteiger partial charge < -0.3 is 9.67 Å². The van der Waals surface area contributed by atoms with Gasteiger partial charge in [0, 0.05) is 18.5 Å². The Hall–Kier alpha value is -1.65. The van der Waals surface area contributed by atoms with E-state index < -0.39 is 0 Å². The highest BCUT2D eigenvalue weighted by atomic mass is 16.3. The first-order chi connectivity index (χ1) is 11.2. The molecule has 23 heavy (non-hydrogen) atoms. The number of rotatable bonds is 6. The number of para-hydroxylation sites is 2. The third kappa shape index (κ3) is 3.19. The number of nitrogens with zero attached hydrogens (tertiary/aromatic N) is 3. The van der Waals surface area contributed by atoms with Gasteiger partial charge in [-0.25, -0.2) is 4.98 Å². The lowest BCUT2D eigenvalue weighted by Crippen LogP contribution is -2.45. The summed E-state index contributed by atoms with van der Waals surface area (Å²) in [5, 5.41) is 9.88. The first-order valence-corrected chi connectivity index (χ1v) is 8.59. The maximum Gasteiger partial charge on any atom is 0.124 e. The number of allylic oxidation sites excluding steroid dienone is 1. The number of fused-ring (bicyclic) bond motifs is 1. The molecule has 0 amide bonds. The Bertz CT molecular complexity index is 678. The average Bonchev–Trinajstić information content (AvgIpc) is 2.92. The molecule has 2 heterocycles. The van der Waals surface area contributed by atoms with Crippen molar-refractivity contribution in [2.24, 2.45) is 5.41 Å². The van der Waals surface area contributed by atoms with Crippen LogP contribution in [0, 0.1) is 5.41 Å². The summed E-state index contributed by atoms with van der Waals surface area (Å²) in [6.45, 7) is 10.0. The van der Waals surface area contributed by atoms with E-state index in [2.05, 4.69) is 41.2 Å². The maximum atomic E-state index is 9.88. The molecule has 0 bridgehead atoms. The molecule has 4 nitrogen and oxygen atoms in total. The highest BCUT2D eigenvalue weighted by Gasteiger charge is 2.34. The molecule has 0 unspecified atom stereocenters. The Labute approximate surface area is 138 Å². The van der Waals surface area contributed by atoms with Crippen LogP contribution in [-0.2, 0) is 13.1 Å². The van der Waals surface area contributed by atoms with E-state index in [-0.39, 0.29) is 12.0 Å². The summed E-state index contributed by atoms with van der Waals surface area (Å²) in [5.74, 6) is 1.13. The van der Waals surface area contributed by atoms with Crippen LogP contribution in [0.15, 0.2) is 36.9 Å². The van der Waals surface area contributed by atoms with Crippen molar-refractivity contribution in [1.29, 1.82) is 0 Å². The summed E-state index contributed by atoms with van der Waals surface area (Å²) in [6, 6.07) is 8.33. The van der Waals surface area contributed by atoms with Crippen molar-refractivity contribution in [3.8, 4) is 0 Å². The van der Waals surface area contributed by atoms with Crippen LogP contribution in [-0.4, -0.2) is 39.3 Å². The molecule has 0 radical (unpaired) electrons. The van der Waals surface area contributed by atoms with Gasteiger partial charge in [-0.1, -0.05) is 18.2 Å². The number of aryl methyl sites for hydroxylation is 1. The Morgan fingerprint density at radius 3 is 2.96 bits per heavy atom. The third-order valence-corrected chi connectivity index (χ3v) is 5.07. The summed E-state index contributed by atoms with van der Waals surface area (Å²) in [7, 11) is 0. The predicted octanol–water partition coefficient (Wildman–Crippen LogP) is 3.21. The number of hydrogen-bond donors (Lipinski definition) is 1. The molecule has 1 atom stereocenters. The monoisotopic (exact) mass is 313 g/mol. The zero-order chi connectivity index (χ0) is 16.3. The van der Waals surface area contributed by atoms with Crippen molar-refractivity contribution in [1.82, 2.24) is 14.5 Å². The molecule has 1 saturated heterocycles. The molecule has 1 N–H and O–H groups in total. The summed E-state index contributed by atoms with van der Waals surface area (Å²) in [5.41, 5.74) is 2.26. The summed E-state index contributed by atoms with van der Waals surface area (Å²) in [6.07, 6.45) is 5.03. The number of hydrogen-bond acceptors (Lipinski definition) is 3. The van der Waals surface area contributed by atoms with Crippen molar-refractivity contribution in [2.45, 2.75) is 39.3 Å². The van der Waals surface area contributed by atoms with Crippen LogP contribution in [0.5, 0.6) is 0 Å². The van der Waals surface area contributed by atoms with Gasteiger partial charge in [-0.15, -0.1) is 6.58 Å². The van der Waals surface area contributed by atoms with Crippen LogP contribution in [0.1, 0.15) is 32.0 Å². The molecule has 3 rings (SSSR count). The van der Waals surface area contributed by atoms with Gasteiger partial charge in [0.25, 0.3) is 0 Å². The van der Waals surface area contributed by atoms with Crippen LogP contribution >= 0.6 is 0 Å². The van der Waals surface area contributed by atoms with Crippen molar-refractivity contribution in [3.63, 3.8) is 0 Å². The number of piperidine rings is 1. The van der Waals surface area contributed by atoms with Crippen LogP contribution in [0.25, 0.3) is 11.0 Å². The number of aliphatic hydroxyl groups excluding tert-OH is 1. The highest BCUT2D eigenvalue weighted by Crippen LogP contribution is 2.34. The maximum absolute atomic E-state index is 9.88. The topological polar surface area (TPSA) is 41.3 Å². The van der Waals surface area contributed by atoms with Crippen LogP contribution in [0.3, 0.4) is 0 Å². The molecule has 1 aromatic carbocycles. The van der Waals surface area contributed by atoms with Gasteiger partial charge in [-0.3, -0.25) is 4.90 Å². The van der Waals surface area contributed by atoms with Gasteiger partial charge in [-0.05, 0) is 44.9 Å². The fraction of sp³-hybridized carbons (Fsp3) is 0.526. The molecule has 2 aromatic rings. The largest absolute Gasteiger partial charge is 0.396 e. The quantitative estimate of drug-likeness (QED) is 0.833. The lowest BCUT2D eigenvalue weighted by molar-refractivity contribution is 0.0295. The van der Waals surface area contributed by atoms with Gasteiger partial charge in [0.15, 0.2) is 0 Å². The number of likely N-dealkylation sites (tertiary alicyclic amines) is 1. The molecular formula is C19H27N3O. The smallest absolute Gasteiger partial charge is 0.124 e. The highest BCUT2D eigenvalue weighted by molar-refractivity contribution is 5.75. The van der Waals surface area contributed by atoms with Crippen molar-refractivity contribution >= 4 is 11.0 Å². The van der Waals surface area contributed by atoms with Crippen molar-refractivity contribution in [3.05, 3.63) is 42.7 Å². The Kier molecular flexibility index (Phi) is 4.83. The number of aromatic nitrogens is 2. The Balaban J connectivity index is 1.82. The predicted molar refractivity (Wildman–Crippen MR) is 94.3 cm³/mol. The molecule has 0 aliphatic carbocycles. The first kappa shape index (κ1) is 16.2. The van der Waals surface area contributed by atoms with Crippen LogP contribution < -0.4 is 0 Å². The number of aliphatic hydroxyl groups is 1. The minimum atomic E-state index is -0.0247. The Morgan fingerprint density at radius 2 is 2.22 bits per heavy atom. The normalized spacial score (nSPS) is 22.5. The molecule has 0 spiro atoms. The summed E-state index contributed by atoms with van der Waals surface area (Å²) in [4.78, 5) is 7.28. The molecule has 1 aromatic heterocycles. The van der Waals surface area contributed by atoms with E-state index in [0.717, 1.165) is 56.8 Å². The second kappa shape index (κ2) is 6.85. The molecule has 4 heteroatoms. The first-order valence-electron chi connectivity index (χ1n) is 8.59. The number of benzene rings is 1. The number of imidazole rings is 1. The molecule has 1 fully saturated rings. The summed E-state index contributed by atoms with van der Waals surface area (Å²) >= 11 is 0.